The second-order valence-corrected chi connectivity index (χ2v) is 7.91. The van der Waals surface area contributed by atoms with Crippen LogP contribution in [0, 0.1) is 0 Å². The van der Waals surface area contributed by atoms with Crippen LogP contribution in [-0.4, -0.2) is 52.3 Å². The maximum Gasteiger partial charge on any atom is 0.255 e. The first kappa shape index (κ1) is 23.8. The number of nitrogens with one attached hydrogen (secondary N) is 1. The predicted octanol–water partition coefficient (Wildman–Crippen LogP) is 3.24. The highest BCUT2D eigenvalue weighted by atomic mass is 16.2. The standard InChI is InChI=1S/C25H30N6O2/c1-4-5-13-27-23(32)22(21-16-28-25(29-17-21)30(2)3)31(18-19-11-14-26-15-12-19)24(33)20-9-7-6-8-10-20/h6-12,14-17,22H,4-5,13,18H2,1-3H3,(H,27,32). The summed E-state index contributed by atoms with van der Waals surface area (Å²) in [6, 6.07) is 11.8. The van der Waals surface area contributed by atoms with E-state index in [4.69, 9.17) is 0 Å². The number of amides is 2. The first-order chi connectivity index (χ1) is 16.0. The van der Waals surface area contributed by atoms with Crippen LogP contribution in [0.1, 0.15) is 47.3 Å². The molecule has 0 fully saturated rings. The predicted molar refractivity (Wildman–Crippen MR) is 128 cm³/mol. The quantitative estimate of drug-likeness (QED) is 0.481. The smallest absolute Gasteiger partial charge is 0.255 e. The van der Waals surface area contributed by atoms with E-state index >= 15 is 0 Å². The minimum Gasteiger partial charge on any atom is -0.354 e. The molecule has 2 amide bonds. The Hall–Kier alpha value is -3.81. The molecule has 0 saturated carbocycles. The molecule has 8 heteroatoms. The molecule has 1 unspecified atom stereocenters. The van der Waals surface area contributed by atoms with Crippen LogP contribution in [0.3, 0.4) is 0 Å². The van der Waals surface area contributed by atoms with Gasteiger partial charge in [0, 0.05) is 63.1 Å². The summed E-state index contributed by atoms with van der Waals surface area (Å²) in [5.74, 6) is 0.0155. The van der Waals surface area contributed by atoms with Gasteiger partial charge in [0.1, 0.15) is 6.04 Å². The Bertz CT molecular complexity index is 1030. The topological polar surface area (TPSA) is 91.3 Å². The average Bonchev–Trinajstić information content (AvgIpc) is 2.85. The molecule has 0 aliphatic carbocycles. The van der Waals surface area contributed by atoms with Crippen LogP contribution in [0.2, 0.25) is 0 Å². The Morgan fingerprint density at radius 2 is 1.67 bits per heavy atom. The largest absolute Gasteiger partial charge is 0.354 e. The molecular formula is C25H30N6O2. The number of pyridine rings is 1. The van der Waals surface area contributed by atoms with E-state index in [0.717, 1.165) is 18.4 Å². The van der Waals surface area contributed by atoms with Crippen LogP contribution in [0.15, 0.2) is 67.3 Å². The van der Waals surface area contributed by atoms with Gasteiger partial charge in [0.25, 0.3) is 5.91 Å². The van der Waals surface area contributed by atoms with E-state index in [9.17, 15) is 9.59 Å². The van der Waals surface area contributed by atoms with E-state index in [0.29, 0.717) is 23.6 Å². The number of carbonyl (C=O) groups excluding carboxylic acids is 2. The van der Waals surface area contributed by atoms with Gasteiger partial charge in [0.15, 0.2) is 0 Å². The maximum absolute atomic E-state index is 13.7. The SMILES string of the molecule is CCCCNC(=O)C(c1cnc(N(C)C)nc1)N(Cc1ccncc1)C(=O)c1ccccc1. The lowest BCUT2D eigenvalue weighted by atomic mass is 10.0. The Morgan fingerprint density at radius 1 is 1.00 bits per heavy atom. The van der Waals surface area contributed by atoms with Crippen molar-refractivity contribution >= 4 is 17.8 Å². The van der Waals surface area contributed by atoms with Crippen molar-refractivity contribution in [1.29, 1.82) is 0 Å². The molecule has 0 aliphatic rings. The molecule has 33 heavy (non-hydrogen) atoms. The Kier molecular flexibility index (Phi) is 8.46. The van der Waals surface area contributed by atoms with Crippen LogP contribution in [0.5, 0.6) is 0 Å². The average molecular weight is 447 g/mol. The molecule has 0 saturated heterocycles. The number of rotatable bonds is 10. The van der Waals surface area contributed by atoms with E-state index in [1.165, 1.54) is 0 Å². The van der Waals surface area contributed by atoms with Crippen molar-refractivity contribution in [2.24, 2.45) is 0 Å². The number of anilines is 1. The molecule has 0 radical (unpaired) electrons. The van der Waals surface area contributed by atoms with Gasteiger partial charge in [-0.3, -0.25) is 14.6 Å². The zero-order chi connectivity index (χ0) is 23.6. The van der Waals surface area contributed by atoms with Crippen LogP contribution < -0.4 is 10.2 Å². The monoisotopic (exact) mass is 446 g/mol. The molecule has 2 heterocycles. The highest BCUT2D eigenvalue weighted by molar-refractivity contribution is 5.97. The molecule has 172 valence electrons. The van der Waals surface area contributed by atoms with Gasteiger partial charge in [-0.1, -0.05) is 31.5 Å². The van der Waals surface area contributed by atoms with Crippen molar-refractivity contribution in [1.82, 2.24) is 25.2 Å². The summed E-state index contributed by atoms with van der Waals surface area (Å²) in [6.45, 7) is 2.83. The fourth-order valence-corrected chi connectivity index (χ4v) is 3.37. The number of hydrogen-bond donors (Lipinski definition) is 1. The van der Waals surface area contributed by atoms with Crippen molar-refractivity contribution in [3.05, 3.63) is 83.9 Å². The zero-order valence-electron chi connectivity index (χ0n) is 19.3. The Morgan fingerprint density at radius 3 is 2.27 bits per heavy atom. The molecule has 1 N–H and O–H groups in total. The highest BCUT2D eigenvalue weighted by Gasteiger charge is 2.32. The molecule has 1 atom stereocenters. The highest BCUT2D eigenvalue weighted by Crippen LogP contribution is 2.25. The number of hydrogen-bond acceptors (Lipinski definition) is 6. The van der Waals surface area contributed by atoms with Crippen molar-refractivity contribution in [3.63, 3.8) is 0 Å². The van der Waals surface area contributed by atoms with E-state index in [1.807, 2.05) is 44.4 Å². The first-order valence-corrected chi connectivity index (χ1v) is 11.0. The van der Waals surface area contributed by atoms with Crippen LogP contribution in [-0.2, 0) is 11.3 Å². The summed E-state index contributed by atoms with van der Waals surface area (Å²) < 4.78 is 0. The molecular weight excluding hydrogens is 416 g/mol. The lowest BCUT2D eigenvalue weighted by Gasteiger charge is -2.31. The van der Waals surface area contributed by atoms with Crippen molar-refractivity contribution in [3.8, 4) is 0 Å². The zero-order valence-corrected chi connectivity index (χ0v) is 19.3. The third kappa shape index (κ3) is 6.35. The van der Waals surface area contributed by atoms with Crippen molar-refractivity contribution in [2.75, 3.05) is 25.5 Å². The third-order valence-corrected chi connectivity index (χ3v) is 5.15. The summed E-state index contributed by atoms with van der Waals surface area (Å²) in [5, 5.41) is 2.98. The van der Waals surface area contributed by atoms with Gasteiger partial charge in [-0.05, 0) is 36.2 Å². The number of carbonyl (C=O) groups is 2. The summed E-state index contributed by atoms with van der Waals surface area (Å²) in [7, 11) is 3.69. The number of benzene rings is 1. The van der Waals surface area contributed by atoms with Crippen LogP contribution in [0.4, 0.5) is 5.95 Å². The molecule has 3 rings (SSSR count). The van der Waals surface area contributed by atoms with Gasteiger partial charge in [-0.25, -0.2) is 9.97 Å². The second kappa shape index (κ2) is 11.7. The van der Waals surface area contributed by atoms with Crippen LogP contribution in [0.25, 0.3) is 0 Å². The van der Waals surface area contributed by atoms with Gasteiger partial charge in [0.2, 0.25) is 11.9 Å². The number of unbranched alkanes of at least 4 members (excludes halogenated alkanes) is 1. The minimum absolute atomic E-state index is 0.234. The molecule has 8 nitrogen and oxygen atoms in total. The second-order valence-electron chi connectivity index (χ2n) is 7.91. The lowest BCUT2D eigenvalue weighted by molar-refractivity contribution is -0.126. The molecule has 1 aromatic carbocycles. The first-order valence-electron chi connectivity index (χ1n) is 11.0. The fraction of sp³-hybridized carbons (Fsp3) is 0.320. The summed E-state index contributed by atoms with van der Waals surface area (Å²) in [5.41, 5.74) is 1.92. The molecule has 0 spiro atoms. The van der Waals surface area contributed by atoms with Crippen molar-refractivity contribution < 1.29 is 9.59 Å². The van der Waals surface area contributed by atoms with E-state index in [2.05, 4.69) is 27.2 Å². The summed E-state index contributed by atoms with van der Waals surface area (Å²) in [6.07, 6.45) is 8.38. The Labute approximate surface area is 194 Å². The third-order valence-electron chi connectivity index (χ3n) is 5.15. The normalized spacial score (nSPS) is 11.5. The Balaban J connectivity index is 2.04. The van der Waals surface area contributed by atoms with E-state index in [1.54, 1.807) is 46.7 Å². The number of aromatic nitrogens is 3. The van der Waals surface area contributed by atoms with Gasteiger partial charge >= 0.3 is 0 Å². The minimum atomic E-state index is -0.890. The summed E-state index contributed by atoms with van der Waals surface area (Å²) in [4.78, 5) is 43.3. The van der Waals surface area contributed by atoms with Gasteiger partial charge < -0.3 is 15.1 Å². The van der Waals surface area contributed by atoms with E-state index in [-0.39, 0.29) is 18.4 Å². The molecule has 2 aromatic heterocycles. The maximum atomic E-state index is 13.7. The molecule has 0 bridgehead atoms. The van der Waals surface area contributed by atoms with Crippen LogP contribution >= 0.6 is 0 Å². The van der Waals surface area contributed by atoms with E-state index < -0.39 is 6.04 Å². The lowest BCUT2D eigenvalue weighted by Crippen LogP contribution is -2.43. The molecule has 3 aromatic rings. The molecule has 0 aliphatic heterocycles. The van der Waals surface area contributed by atoms with Gasteiger partial charge in [0.05, 0.1) is 0 Å². The van der Waals surface area contributed by atoms with Gasteiger partial charge in [-0.2, -0.15) is 0 Å². The van der Waals surface area contributed by atoms with Gasteiger partial charge in [-0.15, -0.1) is 0 Å². The number of nitrogens with zero attached hydrogens (tertiary/aromatic N) is 5. The summed E-state index contributed by atoms with van der Waals surface area (Å²) >= 11 is 0. The van der Waals surface area contributed by atoms with Crippen molar-refractivity contribution in [2.45, 2.75) is 32.4 Å². The fourth-order valence-electron chi connectivity index (χ4n) is 3.37.